The molecule has 1 aromatic carbocycles. The first-order chi connectivity index (χ1) is 15.2. The molecule has 0 radical (unpaired) electrons. The summed E-state index contributed by atoms with van der Waals surface area (Å²) in [5.74, 6) is -3.76. The molecule has 1 aliphatic rings. The molecular formula is C21H26FN5O5. The van der Waals surface area contributed by atoms with E-state index in [4.69, 9.17) is 11.1 Å². The molecule has 0 aromatic heterocycles. The van der Waals surface area contributed by atoms with Gasteiger partial charge in [-0.15, -0.1) is 0 Å². The Morgan fingerprint density at radius 2 is 1.72 bits per heavy atom. The molecule has 6 N–H and O–H groups in total. The quantitative estimate of drug-likeness (QED) is 0.261. The number of ketones is 1. The van der Waals surface area contributed by atoms with Gasteiger partial charge < -0.3 is 27.1 Å². The van der Waals surface area contributed by atoms with Crippen molar-refractivity contribution >= 4 is 35.6 Å². The van der Waals surface area contributed by atoms with Gasteiger partial charge in [0.25, 0.3) is 0 Å². The van der Waals surface area contributed by atoms with E-state index in [0.29, 0.717) is 24.6 Å². The van der Waals surface area contributed by atoms with Gasteiger partial charge in [-0.05, 0) is 37.0 Å². The number of halogens is 1. The molecule has 1 fully saturated rings. The van der Waals surface area contributed by atoms with Crippen LogP contribution in [0.1, 0.15) is 37.7 Å². The summed E-state index contributed by atoms with van der Waals surface area (Å²) in [6.45, 7) is 0.0487. The van der Waals surface area contributed by atoms with Crippen LogP contribution in [0.3, 0.4) is 0 Å². The van der Waals surface area contributed by atoms with E-state index >= 15 is 0 Å². The third-order valence-corrected chi connectivity index (χ3v) is 4.84. The molecule has 0 aliphatic heterocycles. The van der Waals surface area contributed by atoms with Crippen LogP contribution in [-0.4, -0.2) is 47.7 Å². The maximum absolute atomic E-state index is 13.0. The first kappa shape index (κ1) is 24.6. The molecule has 0 spiro atoms. The second-order valence-corrected chi connectivity index (χ2v) is 7.56. The van der Waals surface area contributed by atoms with Crippen LogP contribution in [0.15, 0.2) is 24.3 Å². The van der Waals surface area contributed by atoms with E-state index in [-0.39, 0.29) is 31.2 Å². The van der Waals surface area contributed by atoms with Crippen molar-refractivity contribution in [3.63, 3.8) is 0 Å². The number of hydrogen-bond acceptors (Lipinski definition) is 6. The van der Waals surface area contributed by atoms with Crippen molar-refractivity contribution in [2.45, 2.75) is 50.7 Å². The van der Waals surface area contributed by atoms with E-state index in [0.717, 1.165) is 0 Å². The largest absolute Gasteiger partial charge is 0.370 e. The summed E-state index contributed by atoms with van der Waals surface area (Å²) in [6, 6.07) is 3.02. The van der Waals surface area contributed by atoms with Crippen molar-refractivity contribution in [2.75, 3.05) is 0 Å². The topological polar surface area (TPSA) is 171 Å². The van der Waals surface area contributed by atoms with Crippen LogP contribution >= 0.6 is 0 Å². The minimum absolute atomic E-state index is 0.0487. The molecule has 2 rings (SSSR count). The summed E-state index contributed by atoms with van der Waals surface area (Å²) < 4.78 is 13.0. The maximum Gasteiger partial charge on any atom is 0.243 e. The number of hydrogen-bond donors (Lipinski definition) is 5. The van der Waals surface area contributed by atoms with Crippen LogP contribution in [0.5, 0.6) is 0 Å². The zero-order valence-electron chi connectivity index (χ0n) is 17.4. The number of carbonyl (C=O) groups is 5. The lowest BCUT2D eigenvalue weighted by molar-refractivity contribution is -0.134. The Morgan fingerprint density at radius 1 is 1.06 bits per heavy atom. The lowest BCUT2D eigenvalue weighted by Crippen LogP contribution is -2.54. The highest BCUT2D eigenvalue weighted by Crippen LogP contribution is 2.29. The van der Waals surface area contributed by atoms with E-state index in [1.54, 1.807) is 0 Å². The molecule has 2 atom stereocenters. The van der Waals surface area contributed by atoms with Gasteiger partial charge in [-0.3, -0.25) is 24.0 Å². The van der Waals surface area contributed by atoms with Gasteiger partial charge in [0, 0.05) is 18.9 Å². The van der Waals surface area contributed by atoms with Gasteiger partial charge in [0.05, 0.1) is 12.6 Å². The van der Waals surface area contributed by atoms with Crippen molar-refractivity contribution in [1.82, 2.24) is 16.0 Å². The van der Waals surface area contributed by atoms with Crippen LogP contribution in [0, 0.1) is 17.1 Å². The maximum atomic E-state index is 13.0. The number of amides is 4. The fourth-order valence-corrected chi connectivity index (χ4v) is 2.86. The molecule has 4 amide bonds. The van der Waals surface area contributed by atoms with E-state index in [1.807, 2.05) is 0 Å². The van der Waals surface area contributed by atoms with Gasteiger partial charge in [0.15, 0.2) is 5.78 Å². The van der Waals surface area contributed by atoms with Crippen LogP contribution in [0.4, 0.5) is 4.39 Å². The summed E-state index contributed by atoms with van der Waals surface area (Å²) >= 11 is 0. The minimum atomic E-state index is -1.26. The van der Waals surface area contributed by atoms with E-state index in [2.05, 4.69) is 16.0 Å². The van der Waals surface area contributed by atoms with Gasteiger partial charge in [-0.2, -0.15) is 0 Å². The molecule has 1 aliphatic carbocycles. The summed E-state index contributed by atoms with van der Waals surface area (Å²) in [4.78, 5) is 60.3. The highest BCUT2D eigenvalue weighted by atomic mass is 19.1. The summed E-state index contributed by atoms with van der Waals surface area (Å²) in [5.41, 5.74) is 5.80. The van der Waals surface area contributed by atoms with E-state index in [1.165, 1.54) is 24.3 Å². The fraction of sp³-hybridized carbons (Fsp3) is 0.429. The lowest BCUT2D eigenvalue weighted by Gasteiger charge is -2.22. The first-order valence-electron chi connectivity index (χ1n) is 10.1. The van der Waals surface area contributed by atoms with Crippen LogP contribution < -0.4 is 21.7 Å². The standard InChI is InChI=1S/C21H26FN5O5/c22-14-5-1-12(2-6-14)11-25-20(31)16(8-7-15(28)10-23)26-21(32)17(9-18(24)29)27-19(30)13-3-4-13/h1-2,5-6,10,13,16-17,23H,3-4,7-9,11H2,(H2,24,29)(H,25,31)(H,26,32)(H,27,30)/t16-,17-/m0/s1. The first-order valence-corrected chi connectivity index (χ1v) is 10.1. The van der Waals surface area contributed by atoms with Crippen LogP contribution in [0.25, 0.3) is 0 Å². The van der Waals surface area contributed by atoms with Gasteiger partial charge in [-0.25, -0.2) is 4.39 Å². The second-order valence-electron chi connectivity index (χ2n) is 7.56. The third kappa shape index (κ3) is 8.25. The molecule has 172 valence electrons. The summed E-state index contributed by atoms with van der Waals surface area (Å²) in [7, 11) is 0. The molecule has 0 unspecified atom stereocenters. The van der Waals surface area contributed by atoms with Crippen molar-refractivity contribution < 1.29 is 28.4 Å². The zero-order valence-corrected chi connectivity index (χ0v) is 17.4. The lowest BCUT2D eigenvalue weighted by atomic mass is 10.1. The Morgan fingerprint density at radius 3 is 2.28 bits per heavy atom. The number of carbonyl (C=O) groups excluding carboxylic acids is 5. The van der Waals surface area contributed by atoms with Gasteiger partial charge in [0.1, 0.15) is 17.9 Å². The minimum Gasteiger partial charge on any atom is -0.370 e. The molecule has 0 bridgehead atoms. The third-order valence-electron chi connectivity index (χ3n) is 4.84. The van der Waals surface area contributed by atoms with Crippen molar-refractivity contribution in [2.24, 2.45) is 11.7 Å². The van der Waals surface area contributed by atoms with Crippen molar-refractivity contribution in [1.29, 1.82) is 5.41 Å². The molecule has 11 heteroatoms. The molecule has 0 saturated heterocycles. The average molecular weight is 447 g/mol. The molecule has 1 aromatic rings. The molecule has 32 heavy (non-hydrogen) atoms. The monoisotopic (exact) mass is 447 g/mol. The number of nitrogens with two attached hydrogens (primary N) is 1. The van der Waals surface area contributed by atoms with Crippen LogP contribution in [-0.2, 0) is 30.5 Å². The van der Waals surface area contributed by atoms with Crippen LogP contribution in [0.2, 0.25) is 0 Å². The molecular weight excluding hydrogens is 421 g/mol. The number of rotatable bonds is 13. The highest BCUT2D eigenvalue weighted by Gasteiger charge is 2.34. The SMILES string of the molecule is N=CC(=O)CC[C@H](NC(=O)[C@H](CC(N)=O)NC(=O)C1CC1)C(=O)NCc1ccc(F)cc1. The molecule has 0 heterocycles. The van der Waals surface area contributed by atoms with Gasteiger partial charge in [-0.1, -0.05) is 12.1 Å². The van der Waals surface area contributed by atoms with E-state index in [9.17, 15) is 28.4 Å². The second kappa shape index (κ2) is 11.7. The average Bonchev–Trinajstić information content (AvgIpc) is 3.60. The van der Waals surface area contributed by atoms with Crippen molar-refractivity contribution in [3.05, 3.63) is 35.6 Å². The number of nitrogens with one attached hydrogen (secondary N) is 4. The number of Topliss-reactive ketones (excluding diaryl/α,β-unsaturated/α-hetero) is 1. The Kier molecular flexibility index (Phi) is 8.99. The van der Waals surface area contributed by atoms with E-state index < -0.39 is 47.8 Å². The number of benzene rings is 1. The molecule has 1 saturated carbocycles. The Hall–Kier alpha value is -3.63. The predicted molar refractivity (Wildman–Crippen MR) is 112 cm³/mol. The van der Waals surface area contributed by atoms with Gasteiger partial charge in [0.2, 0.25) is 23.6 Å². The molecule has 10 nitrogen and oxygen atoms in total. The smallest absolute Gasteiger partial charge is 0.243 e. The number of primary amides is 1. The fourth-order valence-electron chi connectivity index (χ4n) is 2.86. The zero-order chi connectivity index (χ0) is 23.7. The normalized spacial score (nSPS) is 14.5. The van der Waals surface area contributed by atoms with Gasteiger partial charge >= 0.3 is 0 Å². The summed E-state index contributed by atoms with van der Waals surface area (Å²) in [6.07, 6.45) is 1.27. The Labute approximate surface area is 184 Å². The van der Waals surface area contributed by atoms with Crippen molar-refractivity contribution in [3.8, 4) is 0 Å². The summed E-state index contributed by atoms with van der Waals surface area (Å²) in [5, 5.41) is 14.5. The highest BCUT2D eigenvalue weighted by molar-refractivity contribution is 6.26. The Bertz CT molecular complexity index is 885. The Balaban J connectivity index is 2.05. The predicted octanol–water partition coefficient (Wildman–Crippen LogP) is -0.304.